The van der Waals surface area contributed by atoms with Gasteiger partial charge in [-0.3, -0.25) is 19.5 Å². The molecule has 0 aliphatic rings. The quantitative estimate of drug-likeness (QED) is 0.327. The molecule has 0 aliphatic heterocycles. The van der Waals surface area contributed by atoms with E-state index in [0.717, 1.165) is 18.2 Å². The second-order valence-electron chi connectivity index (χ2n) is 3.62. The summed E-state index contributed by atoms with van der Waals surface area (Å²) >= 11 is 5.73. The van der Waals surface area contributed by atoms with Crippen LogP contribution in [0.25, 0.3) is 0 Å². The molecule has 2 N–H and O–H groups in total. The number of nitrogens with zero attached hydrogens (tertiary/aromatic N) is 1. The molecule has 10 heteroatoms. The molecule has 112 valence electrons. The van der Waals surface area contributed by atoms with Crippen molar-refractivity contribution in [3.05, 3.63) is 33.3 Å². The summed E-state index contributed by atoms with van der Waals surface area (Å²) in [7, 11) is -4.31. The number of nitrogens with one attached hydrogen (secondary N) is 1. The van der Waals surface area contributed by atoms with Gasteiger partial charge in [-0.1, -0.05) is 18.5 Å². The number of hydrogen-bond acceptors (Lipinski definition) is 6. The first-order chi connectivity index (χ1) is 9.35. The molecule has 0 saturated heterocycles. The lowest BCUT2D eigenvalue weighted by atomic mass is 10.3. The molecule has 1 aromatic rings. The largest absolute Gasteiger partial charge is 0.527 e. The van der Waals surface area contributed by atoms with Gasteiger partial charge in [-0.2, -0.15) is 0 Å². The third-order valence-corrected chi connectivity index (χ3v) is 3.35. The molecule has 0 radical (unpaired) electrons. The number of nitro groups is 1. The van der Waals surface area contributed by atoms with Crippen LogP contribution in [0.5, 0.6) is 5.75 Å². The molecular weight excluding hydrogens is 311 g/mol. The molecule has 1 rings (SSSR count). The van der Waals surface area contributed by atoms with Gasteiger partial charge in [0, 0.05) is 18.7 Å². The van der Waals surface area contributed by atoms with Gasteiger partial charge in [0.25, 0.3) is 5.69 Å². The van der Waals surface area contributed by atoms with Gasteiger partial charge < -0.3 is 9.84 Å². The first kappa shape index (κ1) is 16.9. The van der Waals surface area contributed by atoms with Crippen molar-refractivity contribution in [1.29, 1.82) is 0 Å². The Morgan fingerprint density at radius 1 is 1.55 bits per heavy atom. The highest BCUT2D eigenvalue weighted by atomic mass is 35.5. The molecule has 0 aliphatic carbocycles. The molecule has 0 fully saturated rings. The third-order valence-electron chi connectivity index (χ3n) is 2.12. The van der Waals surface area contributed by atoms with E-state index in [2.05, 4.69) is 5.32 Å². The van der Waals surface area contributed by atoms with Gasteiger partial charge >= 0.3 is 7.82 Å². The molecule has 8 nitrogen and oxygen atoms in total. The van der Waals surface area contributed by atoms with Crippen LogP contribution in [0.1, 0.15) is 6.92 Å². The number of hydrogen-bond donors (Lipinski definition) is 2. The van der Waals surface area contributed by atoms with Crippen LogP contribution in [-0.2, 0) is 9.09 Å². The van der Waals surface area contributed by atoms with Gasteiger partial charge in [0.1, 0.15) is 0 Å². The molecule has 1 unspecified atom stereocenters. The maximum Gasteiger partial charge on any atom is 0.527 e. The second kappa shape index (κ2) is 7.56. The van der Waals surface area contributed by atoms with E-state index < -0.39 is 12.7 Å². The Morgan fingerprint density at radius 2 is 2.25 bits per heavy atom. The molecule has 0 aromatic heterocycles. The highest BCUT2D eigenvalue weighted by molar-refractivity contribution is 7.47. The van der Waals surface area contributed by atoms with E-state index in [0.29, 0.717) is 13.1 Å². The first-order valence-corrected chi connectivity index (χ1v) is 7.54. The predicted octanol–water partition coefficient (Wildman–Crippen LogP) is 2.35. The molecular formula is C10H14ClN2O6P. The normalized spacial score (nSPS) is 13.8. The summed E-state index contributed by atoms with van der Waals surface area (Å²) in [6.07, 6.45) is 0. The van der Waals surface area contributed by atoms with Gasteiger partial charge in [-0.05, 0) is 12.6 Å². The van der Waals surface area contributed by atoms with Crippen molar-refractivity contribution in [3.8, 4) is 5.75 Å². The van der Waals surface area contributed by atoms with E-state index in [9.17, 15) is 19.6 Å². The van der Waals surface area contributed by atoms with Gasteiger partial charge in [0.05, 0.1) is 16.6 Å². The summed E-state index contributed by atoms with van der Waals surface area (Å²) in [5.41, 5.74) is -0.247. The Morgan fingerprint density at radius 3 is 2.80 bits per heavy atom. The Bertz CT molecular complexity index is 526. The lowest BCUT2D eigenvalue weighted by molar-refractivity contribution is -0.384. The van der Waals surface area contributed by atoms with E-state index in [4.69, 9.17) is 20.6 Å². The van der Waals surface area contributed by atoms with E-state index in [1.165, 1.54) is 0 Å². The maximum absolute atomic E-state index is 11.6. The van der Waals surface area contributed by atoms with Crippen molar-refractivity contribution >= 4 is 25.1 Å². The molecule has 20 heavy (non-hydrogen) atoms. The van der Waals surface area contributed by atoms with Crippen molar-refractivity contribution in [2.45, 2.75) is 6.92 Å². The van der Waals surface area contributed by atoms with Crippen molar-refractivity contribution < 1.29 is 23.4 Å². The van der Waals surface area contributed by atoms with Gasteiger partial charge in [0.2, 0.25) is 0 Å². The average molecular weight is 325 g/mol. The zero-order chi connectivity index (χ0) is 15.2. The van der Waals surface area contributed by atoms with E-state index in [1.54, 1.807) is 0 Å². The third kappa shape index (κ3) is 5.44. The lowest BCUT2D eigenvalue weighted by Crippen LogP contribution is -2.18. The Hall–Kier alpha value is -1.18. The fourth-order valence-corrected chi connectivity index (χ4v) is 2.29. The fourth-order valence-electron chi connectivity index (χ4n) is 1.24. The summed E-state index contributed by atoms with van der Waals surface area (Å²) in [5.74, 6) is -0.161. The van der Waals surface area contributed by atoms with Crippen LogP contribution in [0.2, 0.25) is 5.02 Å². The molecule has 0 spiro atoms. The maximum atomic E-state index is 11.6. The van der Waals surface area contributed by atoms with Crippen LogP contribution in [0.4, 0.5) is 5.69 Å². The minimum Gasteiger partial charge on any atom is -0.403 e. The number of phosphoric acid groups is 1. The van der Waals surface area contributed by atoms with Gasteiger partial charge in [-0.15, -0.1) is 0 Å². The van der Waals surface area contributed by atoms with Crippen LogP contribution in [0.15, 0.2) is 18.2 Å². The zero-order valence-corrected chi connectivity index (χ0v) is 12.3. The van der Waals surface area contributed by atoms with Crippen LogP contribution in [0, 0.1) is 10.1 Å². The zero-order valence-electron chi connectivity index (χ0n) is 10.6. The fraction of sp³-hybridized carbons (Fsp3) is 0.400. The first-order valence-electron chi connectivity index (χ1n) is 5.67. The number of halogens is 1. The van der Waals surface area contributed by atoms with Crippen molar-refractivity contribution in [1.82, 2.24) is 5.32 Å². The van der Waals surface area contributed by atoms with Gasteiger partial charge in [-0.25, -0.2) is 4.57 Å². The average Bonchev–Trinajstić information content (AvgIpc) is 2.37. The van der Waals surface area contributed by atoms with Crippen molar-refractivity contribution in [2.75, 3.05) is 19.7 Å². The van der Waals surface area contributed by atoms with Crippen molar-refractivity contribution in [2.24, 2.45) is 0 Å². The lowest BCUT2D eigenvalue weighted by Gasteiger charge is -2.13. The van der Waals surface area contributed by atoms with Crippen molar-refractivity contribution in [3.63, 3.8) is 0 Å². The second-order valence-corrected chi connectivity index (χ2v) is 5.40. The Labute approximate surface area is 120 Å². The summed E-state index contributed by atoms with van der Waals surface area (Å²) in [4.78, 5) is 19.3. The number of rotatable bonds is 8. The minimum atomic E-state index is -4.31. The van der Waals surface area contributed by atoms with E-state index in [1.807, 2.05) is 6.92 Å². The summed E-state index contributed by atoms with van der Waals surface area (Å²) < 4.78 is 21.1. The number of likely N-dealkylation sites (N-methyl/N-ethyl adjacent to an activating group) is 1. The molecule has 1 aromatic carbocycles. The SMILES string of the molecule is CCNCCOP(=O)(O)Oc1ccc([N+](=O)[O-])cc1Cl. The molecule has 1 atom stereocenters. The monoisotopic (exact) mass is 324 g/mol. The molecule has 0 amide bonds. The van der Waals surface area contributed by atoms with Crippen LogP contribution >= 0.6 is 19.4 Å². The van der Waals surface area contributed by atoms with Crippen LogP contribution in [-0.4, -0.2) is 29.5 Å². The van der Waals surface area contributed by atoms with Gasteiger partial charge in [0.15, 0.2) is 5.75 Å². The van der Waals surface area contributed by atoms with E-state index >= 15 is 0 Å². The number of non-ortho nitro benzene ring substituents is 1. The molecule has 0 heterocycles. The number of benzene rings is 1. The van der Waals surface area contributed by atoms with Crippen LogP contribution in [0.3, 0.4) is 0 Å². The summed E-state index contributed by atoms with van der Waals surface area (Å²) in [6.45, 7) is 2.95. The highest BCUT2D eigenvalue weighted by Gasteiger charge is 2.24. The standard InChI is InChI=1S/C10H14ClN2O6P/c1-2-12-5-6-18-20(16,17)19-10-4-3-8(13(14)15)7-9(10)11/h3-4,7,12H,2,5-6H2,1H3,(H,16,17). The summed E-state index contributed by atoms with van der Waals surface area (Å²) in [6, 6.07) is 3.27. The smallest absolute Gasteiger partial charge is 0.403 e. The highest BCUT2D eigenvalue weighted by Crippen LogP contribution is 2.46. The topological polar surface area (TPSA) is 111 Å². The predicted molar refractivity (Wildman–Crippen MR) is 73.1 cm³/mol. The van der Waals surface area contributed by atoms with Crippen LogP contribution < -0.4 is 9.84 Å². The Balaban J connectivity index is 2.67. The van der Waals surface area contributed by atoms with E-state index in [-0.39, 0.29) is 23.1 Å². The minimum absolute atomic E-state index is 0.0216. The number of phosphoric ester groups is 1. The molecule has 0 saturated carbocycles. The summed E-state index contributed by atoms with van der Waals surface area (Å²) in [5, 5.41) is 13.3. The Kier molecular flexibility index (Phi) is 6.38. The molecule has 0 bridgehead atoms. The number of nitro benzene ring substituents is 1.